The van der Waals surface area contributed by atoms with Crippen LogP contribution in [0.1, 0.15) is 51.0 Å². The van der Waals surface area contributed by atoms with Crippen molar-refractivity contribution in [2.45, 2.75) is 63.5 Å². The van der Waals surface area contributed by atoms with Crippen LogP contribution in [0, 0.1) is 17.6 Å². The molecular weight excluding hydrogens is 432 g/mol. The molecule has 0 bridgehead atoms. The Kier molecular flexibility index (Phi) is 6.97. The van der Waals surface area contributed by atoms with Crippen molar-refractivity contribution in [2.24, 2.45) is 5.92 Å². The summed E-state index contributed by atoms with van der Waals surface area (Å²) >= 11 is 0. The molecule has 3 fully saturated rings. The van der Waals surface area contributed by atoms with Crippen molar-refractivity contribution >= 4 is 17.8 Å². The molecule has 180 valence electrons. The number of nitrogens with zero attached hydrogens (tertiary/aromatic N) is 2. The highest BCUT2D eigenvalue weighted by atomic mass is 19.2. The fraction of sp³-hybridized carbons (Fsp3) is 0.625. The normalized spacial score (nSPS) is 26.2. The number of carbonyl (C=O) groups is 3. The zero-order valence-electron chi connectivity index (χ0n) is 18.9. The monoisotopic (exact) mass is 463 g/mol. The number of rotatable bonds is 7. The molecule has 2 unspecified atom stereocenters. The van der Waals surface area contributed by atoms with Crippen LogP contribution in [0.25, 0.3) is 0 Å². The van der Waals surface area contributed by atoms with Crippen molar-refractivity contribution in [3.63, 3.8) is 0 Å². The Morgan fingerprint density at radius 2 is 1.94 bits per heavy atom. The van der Waals surface area contributed by atoms with Gasteiger partial charge in [-0.2, -0.15) is 0 Å². The van der Waals surface area contributed by atoms with E-state index in [1.54, 1.807) is 4.90 Å². The van der Waals surface area contributed by atoms with E-state index in [-0.39, 0.29) is 42.8 Å². The Bertz CT molecular complexity index is 913. The summed E-state index contributed by atoms with van der Waals surface area (Å²) in [5.74, 6) is -2.33. The van der Waals surface area contributed by atoms with Gasteiger partial charge in [-0.25, -0.2) is 13.6 Å². The van der Waals surface area contributed by atoms with Crippen LogP contribution in [-0.2, 0) is 20.7 Å². The second-order valence-electron chi connectivity index (χ2n) is 9.28. The summed E-state index contributed by atoms with van der Waals surface area (Å²) in [5.41, 5.74) is -0.522. The van der Waals surface area contributed by atoms with Gasteiger partial charge < -0.3 is 15.0 Å². The molecule has 0 spiro atoms. The lowest BCUT2D eigenvalue weighted by Crippen LogP contribution is -2.56. The Morgan fingerprint density at radius 3 is 2.58 bits per heavy atom. The first-order valence-corrected chi connectivity index (χ1v) is 11.8. The fourth-order valence-corrected chi connectivity index (χ4v) is 5.40. The molecule has 0 saturated carbocycles. The molecule has 4 rings (SSSR count). The minimum atomic E-state index is -0.969. The van der Waals surface area contributed by atoms with Gasteiger partial charge in [0, 0.05) is 19.7 Å². The van der Waals surface area contributed by atoms with Gasteiger partial charge in [0.05, 0.1) is 19.1 Å². The van der Waals surface area contributed by atoms with Crippen molar-refractivity contribution in [1.82, 2.24) is 15.1 Å². The number of amides is 4. The molecule has 3 heterocycles. The molecule has 3 aliphatic rings. The van der Waals surface area contributed by atoms with Crippen molar-refractivity contribution in [3.05, 3.63) is 35.4 Å². The number of hydrogen-bond acceptors (Lipinski definition) is 4. The maximum absolute atomic E-state index is 13.5. The van der Waals surface area contributed by atoms with Gasteiger partial charge >= 0.3 is 6.03 Å². The molecule has 2 atom stereocenters. The summed E-state index contributed by atoms with van der Waals surface area (Å²) < 4.78 is 32.2. The largest absolute Gasteiger partial charge is 0.376 e. The van der Waals surface area contributed by atoms with Gasteiger partial charge in [-0.3, -0.25) is 14.5 Å². The summed E-state index contributed by atoms with van der Waals surface area (Å²) in [4.78, 5) is 41.9. The summed E-state index contributed by atoms with van der Waals surface area (Å²) in [5, 5.41) is 3.01. The molecule has 1 N–H and O–H groups in total. The molecule has 33 heavy (non-hydrogen) atoms. The van der Waals surface area contributed by atoms with E-state index in [0.29, 0.717) is 44.5 Å². The molecule has 0 radical (unpaired) electrons. The topological polar surface area (TPSA) is 79.0 Å². The first-order chi connectivity index (χ1) is 15.8. The Balaban J connectivity index is 1.40. The zero-order chi connectivity index (χ0) is 23.6. The molecule has 0 aliphatic carbocycles. The van der Waals surface area contributed by atoms with Gasteiger partial charge in [0.2, 0.25) is 5.91 Å². The molecule has 4 amide bonds. The highest BCUT2D eigenvalue weighted by molar-refractivity contribution is 6.07. The summed E-state index contributed by atoms with van der Waals surface area (Å²) in [6.07, 6.45) is 4.14. The SMILES string of the molecule is CCCC1(C2CCN(C(=O)Cc3ccc(F)c(F)c3)CC2)NC(=O)N(CC2CCCO2)C1=O. The third kappa shape index (κ3) is 4.74. The Labute approximate surface area is 192 Å². The predicted octanol–water partition coefficient (Wildman–Crippen LogP) is 3.02. The number of piperidine rings is 1. The van der Waals surface area contributed by atoms with Crippen molar-refractivity contribution in [2.75, 3.05) is 26.2 Å². The molecule has 7 nitrogen and oxygen atoms in total. The zero-order valence-corrected chi connectivity index (χ0v) is 18.9. The van der Waals surface area contributed by atoms with Crippen LogP contribution in [0.3, 0.4) is 0 Å². The van der Waals surface area contributed by atoms with Crippen LogP contribution in [0.5, 0.6) is 0 Å². The van der Waals surface area contributed by atoms with E-state index in [4.69, 9.17) is 4.74 Å². The van der Waals surface area contributed by atoms with Crippen LogP contribution in [0.2, 0.25) is 0 Å². The number of nitrogens with one attached hydrogen (secondary N) is 1. The summed E-state index contributed by atoms with van der Waals surface area (Å²) in [6.45, 7) is 3.83. The number of urea groups is 1. The molecule has 0 aromatic heterocycles. The molecule has 3 saturated heterocycles. The van der Waals surface area contributed by atoms with E-state index in [2.05, 4.69) is 5.32 Å². The Hall–Kier alpha value is -2.55. The van der Waals surface area contributed by atoms with Crippen LogP contribution in [0.15, 0.2) is 18.2 Å². The Morgan fingerprint density at radius 1 is 1.18 bits per heavy atom. The second-order valence-corrected chi connectivity index (χ2v) is 9.28. The number of imide groups is 1. The lowest BCUT2D eigenvalue weighted by molar-refractivity contribution is -0.136. The number of halogens is 2. The van der Waals surface area contributed by atoms with E-state index < -0.39 is 17.2 Å². The van der Waals surface area contributed by atoms with Crippen LogP contribution < -0.4 is 5.32 Å². The van der Waals surface area contributed by atoms with Gasteiger partial charge in [0.1, 0.15) is 5.54 Å². The smallest absolute Gasteiger partial charge is 0.325 e. The summed E-state index contributed by atoms with van der Waals surface area (Å²) in [7, 11) is 0. The van der Waals surface area contributed by atoms with Crippen LogP contribution in [-0.4, -0.2) is 65.5 Å². The van der Waals surface area contributed by atoms with E-state index in [0.717, 1.165) is 31.4 Å². The predicted molar refractivity (Wildman–Crippen MR) is 116 cm³/mol. The minimum Gasteiger partial charge on any atom is -0.376 e. The standard InChI is InChI=1S/C24H31F2N3O4/c1-2-9-24(22(31)29(23(32)27-24)15-18-4-3-12-33-18)17-7-10-28(11-8-17)21(30)14-16-5-6-19(25)20(26)13-16/h5-6,13,17-18H,2-4,7-12,14-15H2,1H3,(H,27,32). The number of likely N-dealkylation sites (tertiary alicyclic amines) is 1. The minimum absolute atomic E-state index is 0.00714. The van der Waals surface area contributed by atoms with Crippen molar-refractivity contribution in [1.29, 1.82) is 0 Å². The second kappa shape index (κ2) is 9.75. The molecule has 9 heteroatoms. The van der Waals surface area contributed by atoms with Gasteiger partial charge in [-0.1, -0.05) is 19.4 Å². The van der Waals surface area contributed by atoms with Gasteiger partial charge in [0.25, 0.3) is 5.91 Å². The first-order valence-electron chi connectivity index (χ1n) is 11.8. The summed E-state index contributed by atoms with van der Waals surface area (Å²) in [6, 6.07) is 3.12. The van der Waals surface area contributed by atoms with Crippen molar-refractivity contribution < 1.29 is 27.9 Å². The average molecular weight is 464 g/mol. The molecule has 3 aliphatic heterocycles. The highest BCUT2D eigenvalue weighted by Gasteiger charge is 2.55. The number of ether oxygens (including phenoxy) is 1. The average Bonchev–Trinajstić information content (AvgIpc) is 3.40. The number of benzene rings is 1. The lowest BCUT2D eigenvalue weighted by Gasteiger charge is -2.41. The van der Waals surface area contributed by atoms with Gasteiger partial charge in [-0.15, -0.1) is 0 Å². The van der Waals surface area contributed by atoms with Crippen molar-refractivity contribution in [3.8, 4) is 0 Å². The van der Waals surface area contributed by atoms with Gasteiger partial charge in [-0.05, 0) is 55.7 Å². The lowest BCUT2D eigenvalue weighted by atomic mass is 9.74. The van der Waals surface area contributed by atoms with E-state index in [1.165, 1.54) is 11.0 Å². The molecule has 1 aromatic rings. The third-order valence-corrected chi connectivity index (χ3v) is 7.14. The van der Waals surface area contributed by atoms with Crippen LogP contribution >= 0.6 is 0 Å². The number of hydrogen-bond donors (Lipinski definition) is 1. The fourth-order valence-electron chi connectivity index (χ4n) is 5.40. The third-order valence-electron chi connectivity index (χ3n) is 7.14. The van der Waals surface area contributed by atoms with E-state index >= 15 is 0 Å². The van der Waals surface area contributed by atoms with Gasteiger partial charge in [0.15, 0.2) is 11.6 Å². The first kappa shape index (κ1) is 23.6. The molecule has 1 aromatic carbocycles. The van der Waals surface area contributed by atoms with E-state index in [1.807, 2.05) is 6.92 Å². The quantitative estimate of drug-likeness (QED) is 0.631. The highest BCUT2D eigenvalue weighted by Crippen LogP contribution is 2.37. The van der Waals surface area contributed by atoms with E-state index in [9.17, 15) is 23.2 Å². The maximum Gasteiger partial charge on any atom is 0.325 e. The van der Waals surface area contributed by atoms with Crippen LogP contribution in [0.4, 0.5) is 13.6 Å². The maximum atomic E-state index is 13.5. The number of carbonyl (C=O) groups excluding carboxylic acids is 3. The molecular formula is C24H31F2N3O4.